The topological polar surface area (TPSA) is 87.5 Å². The van der Waals surface area contributed by atoms with E-state index in [4.69, 9.17) is 0 Å². The highest BCUT2D eigenvalue weighted by molar-refractivity contribution is 7.89. The number of hydrogen-bond donors (Lipinski definition) is 1. The van der Waals surface area contributed by atoms with Crippen LogP contribution in [0.5, 0.6) is 0 Å². The molecule has 1 saturated carbocycles. The summed E-state index contributed by atoms with van der Waals surface area (Å²) in [6, 6.07) is 6.22. The van der Waals surface area contributed by atoms with Crippen LogP contribution >= 0.6 is 0 Å². The molecule has 0 radical (unpaired) electrons. The highest BCUT2D eigenvalue weighted by Gasteiger charge is 2.51. The molecule has 186 valence electrons. The first-order valence-electron chi connectivity index (χ1n) is 10.6. The summed E-state index contributed by atoms with van der Waals surface area (Å²) in [7, 11) is -0.415. The van der Waals surface area contributed by atoms with E-state index >= 15 is 0 Å². The van der Waals surface area contributed by atoms with Crippen LogP contribution < -0.4 is 10.2 Å². The molecule has 1 N–H and O–H groups in total. The van der Waals surface area contributed by atoms with Crippen LogP contribution in [0.25, 0.3) is 0 Å². The first kappa shape index (κ1) is 24.5. The van der Waals surface area contributed by atoms with E-state index in [9.17, 15) is 30.8 Å². The van der Waals surface area contributed by atoms with Crippen molar-refractivity contribution in [1.29, 1.82) is 0 Å². The molecule has 1 aliphatic heterocycles. The fourth-order valence-corrected chi connectivity index (χ4v) is 5.74. The summed E-state index contributed by atoms with van der Waals surface area (Å²) in [6.07, 6.45) is -2.13. The van der Waals surface area contributed by atoms with E-state index in [1.165, 1.54) is 12.1 Å². The summed E-state index contributed by atoms with van der Waals surface area (Å²) >= 11 is 0. The second kappa shape index (κ2) is 7.94. The number of alkyl halides is 3. The Balaban J connectivity index is 1.64. The van der Waals surface area contributed by atoms with Crippen LogP contribution in [-0.2, 0) is 21.7 Å². The van der Waals surface area contributed by atoms with E-state index in [1.54, 1.807) is 6.07 Å². The summed E-state index contributed by atoms with van der Waals surface area (Å²) in [4.78, 5) is 15.8. The van der Waals surface area contributed by atoms with E-state index in [1.807, 2.05) is 25.1 Å². The lowest BCUT2D eigenvalue weighted by molar-refractivity contribution is -0.141. The molecule has 34 heavy (non-hydrogen) atoms. The summed E-state index contributed by atoms with van der Waals surface area (Å²) in [5, 5.41) is 6.06. The van der Waals surface area contributed by atoms with Crippen molar-refractivity contribution >= 4 is 21.9 Å². The van der Waals surface area contributed by atoms with E-state index in [0.717, 1.165) is 16.7 Å². The third kappa shape index (κ3) is 4.15. The summed E-state index contributed by atoms with van der Waals surface area (Å²) in [6.45, 7) is -0.0169. The SMILES string of the molecule is CN(C)[C@]1(c2cccc(F)c2)CC[C@@]2(CC1)CN(c1cc(C(F)(F)F)nn1S(C)(=O)=O)C(=O)N2. The second-order valence-corrected chi connectivity index (χ2v) is 11.0. The van der Waals surface area contributed by atoms with Gasteiger partial charge in [-0.3, -0.25) is 9.80 Å². The predicted molar refractivity (Wildman–Crippen MR) is 116 cm³/mol. The van der Waals surface area contributed by atoms with Gasteiger partial charge in [0, 0.05) is 11.6 Å². The minimum absolute atomic E-state index is 0.0169. The molecule has 0 atom stereocenters. The summed E-state index contributed by atoms with van der Waals surface area (Å²) < 4.78 is 78.1. The number of hydrogen-bond acceptors (Lipinski definition) is 5. The molecule has 1 aromatic heterocycles. The monoisotopic (exact) mass is 503 g/mol. The van der Waals surface area contributed by atoms with Gasteiger partial charge in [-0.15, -0.1) is 4.09 Å². The average molecular weight is 504 g/mol. The third-order valence-electron chi connectivity index (χ3n) is 6.87. The minimum atomic E-state index is -4.88. The molecule has 1 aromatic carbocycles. The molecule has 1 spiro atoms. The van der Waals surface area contributed by atoms with Gasteiger partial charge in [-0.1, -0.05) is 12.1 Å². The van der Waals surface area contributed by atoms with Crippen molar-refractivity contribution in [3.05, 3.63) is 47.4 Å². The molecule has 2 aromatic rings. The Morgan fingerprint density at radius 3 is 2.29 bits per heavy atom. The number of amides is 2. The van der Waals surface area contributed by atoms with Crippen LogP contribution in [-0.4, -0.2) is 61.0 Å². The number of benzene rings is 1. The van der Waals surface area contributed by atoms with E-state index in [2.05, 4.69) is 10.4 Å². The predicted octanol–water partition coefficient (Wildman–Crippen LogP) is 3.15. The standard InChI is InChI=1S/C21H25F4N5O3S/c1-28(2)20(14-5-4-6-15(22)11-14)9-7-19(8-10-20)13-29(18(31)26-19)17-12-16(21(23,24)25)27-30(17)34(3,32)33/h4-6,11-12H,7-10,13H2,1-3H3,(H,26,31)/t19-,20-. The highest BCUT2D eigenvalue weighted by atomic mass is 32.2. The van der Waals surface area contributed by atoms with E-state index in [0.29, 0.717) is 31.7 Å². The van der Waals surface area contributed by atoms with Crippen LogP contribution in [0.1, 0.15) is 36.9 Å². The zero-order chi connectivity index (χ0) is 25.1. The highest BCUT2D eigenvalue weighted by Crippen LogP contribution is 2.46. The number of carbonyl (C=O) groups excluding carboxylic acids is 1. The molecule has 0 bridgehead atoms. The van der Waals surface area contributed by atoms with Crippen LogP contribution in [0.15, 0.2) is 30.3 Å². The number of nitrogens with zero attached hydrogens (tertiary/aromatic N) is 4. The Kier molecular flexibility index (Phi) is 5.71. The summed E-state index contributed by atoms with van der Waals surface area (Å²) in [5.74, 6) is -0.812. The lowest BCUT2D eigenvalue weighted by Gasteiger charge is -2.48. The van der Waals surface area contributed by atoms with Crippen LogP contribution in [0.3, 0.4) is 0 Å². The minimum Gasteiger partial charge on any atom is -0.330 e. The number of nitrogens with one attached hydrogen (secondary N) is 1. The first-order valence-corrected chi connectivity index (χ1v) is 12.4. The number of anilines is 1. The Hall–Kier alpha value is -2.67. The molecule has 2 heterocycles. The number of carbonyl (C=O) groups is 1. The molecule has 13 heteroatoms. The van der Waals surface area contributed by atoms with Gasteiger partial charge in [0.1, 0.15) is 5.82 Å². The zero-order valence-electron chi connectivity index (χ0n) is 18.9. The smallest absolute Gasteiger partial charge is 0.330 e. The second-order valence-electron chi connectivity index (χ2n) is 9.22. The lowest BCUT2D eigenvalue weighted by Crippen LogP contribution is -2.54. The molecular formula is C21H25F4N5O3S. The van der Waals surface area contributed by atoms with Crippen molar-refractivity contribution in [3.63, 3.8) is 0 Å². The van der Waals surface area contributed by atoms with Crippen LogP contribution in [0, 0.1) is 5.82 Å². The van der Waals surface area contributed by atoms with Gasteiger partial charge in [0.05, 0.1) is 18.3 Å². The van der Waals surface area contributed by atoms with Gasteiger partial charge >= 0.3 is 12.2 Å². The molecule has 4 rings (SSSR count). The summed E-state index contributed by atoms with van der Waals surface area (Å²) in [5.41, 5.74) is -1.85. The first-order chi connectivity index (χ1) is 15.7. The Morgan fingerprint density at radius 1 is 1.12 bits per heavy atom. The van der Waals surface area contributed by atoms with Crippen LogP contribution in [0.2, 0.25) is 0 Å². The van der Waals surface area contributed by atoms with Gasteiger partial charge in [-0.05, 0) is 57.5 Å². The molecule has 2 aliphatic rings. The van der Waals surface area contributed by atoms with Crippen molar-refractivity contribution in [2.75, 3.05) is 31.8 Å². The maximum absolute atomic E-state index is 13.9. The third-order valence-corrected chi connectivity index (χ3v) is 7.77. The van der Waals surface area contributed by atoms with Gasteiger partial charge in [0.15, 0.2) is 11.5 Å². The van der Waals surface area contributed by atoms with Crippen molar-refractivity contribution < 1.29 is 30.8 Å². The maximum atomic E-state index is 13.9. The fourth-order valence-electron chi connectivity index (χ4n) is 5.01. The number of aromatic nitrogens is 2. The normalized spacial score (nSPS) is 25.9. The quantitative estimate of drug-likeness (QED) is 0.648. The van der Waals surface area contributed by atoms with Gasteiger partial charge in [0.2, 0.25) is 0 Å². The van der Waals surface area contributed by atoms with Gasteiger partial charge in [-0.2, -0.15) is 18.3 Å². The average Bonchev–Trinajstić information content (AvgIpc) is 3.30. The van der Waals surface area contributed by atoms with Crippen molar-refractivity contribution in [2.24, 2.45) is 0 Å². The molecule has 2 fully saturated rings. The Labute approximate surface area is 194 Å². The fraction of sp³-hybridized carbons (Fsp3) is 0.524. The number of rotatable bonds is 4. The zero-order valence-corrected chi connectivity index (χ0v) is 19.7. The molecule has 2 amide bonds. The Bertz CT molecular complexity index is 1220. The van der Waals surface area contributed by atoms with E-state index < -0.39 is 44.8 Å². The molecule has 0 unspecified atom stereocenters. The van der Waals surface area contributed by atoms with Crippen molar-refractivity contribution in [3.8, 4) is 0 Å². The lowest BCUT2D eigenvalue weighted by atomic mass is 9.69. The van der Waals surface area contributed by atoms with Gasteiger partial charge in [-0.25, -0.2) is 17.6 Å². The molecule has 1 saturated heterocycles. The van der Waals surface area contributed by atoms with Gasteiger partial charge < -0.3 is 5.32 Å². The van der Waals surface area contributed by atoms with Gasteiger partial charge in [0.25, 0.3) is 10.0 Å². The largest absolute Gasteiger partial charge is 0.435 e. The van der Waals surface area contributed by atoms with Crippen molar-refractivity contribution in [1.82, 2.24) is 19.4 Å². The van der Waals surface area contributed by atoms with E-state index in [-0.39, 0.29) is 16.4 Å². The Morgan fingerprint density at radius 2 is 1.76 bits per heavy atom. The van der Waals surface area contributed by atoms with Crippen molar-refractivity contribution in [2.45, 2.75) is 42.9 Å². The number of halogens is 4. The molecular weight excluding hydrogens is 478 g/mol. The molecule has 1 aliphatic carbocycles. The van der Waals surface area contributed by atoms with Crippen LogP contribution in [0.4, 0.5) is 28.2 Å². The molecule has 8 nitrogen and oxygen atoms in total. The maximum Gasteiger partial charge on any atom is 0.435 e. The number of urea groups is 1.